The first-order valence-electron chi connectivity index (χ1n) is 9.93. The number of nitrogens with zero attached hydrogens (tertiary/aromatic N) is 1. The molecule has 1 aromatic carbocycles. The van der Waals surface area contributed by atoms with Gasteiger partial charge in [0.05, 0.1) is 0 Å². The molecule has 3 rings (SSSR count). The Morgan fingerprint density at radius 2 is 2.04 bits per heavy atom. The molecule has 0 spiro atoms. The highest BCUT2D eigenvalue weighted by molar-refractivity contribution is 6.31. The fourth-order valence-electron chi connectivity index (χ4n) is 4.19. The van der Waals surface area contributed by atoms with Crippen LogP contribution in [0, 0.1) is 6.92 Å². The van der Waals surface area contributed by atoms with Crippen LogP contribution in [0.1, 0.15) is 55.5 Å². The Labute approximate surface area is 172 Å². The molecule has 4 nitrogen and oxygen atoms in total. The summed E-state index contributed by atoms with van der Waals surface area (Å²) >= 11 is 6.32. The molecule has 0 saturated carbocycles. The van der Waals surface area contributed by atoms with Gasteiger partial charge in [0.1, 0.15) is 0 Å². The zero-order valence-electron chi connectivity index (χ0n) is 17.2. The van der Waals surface area contributed by atoms with E-state index in [1.165, 1.54) is 0 Å². The van der Waals surface area contributed by atoms with Gasteiger partial charge in [-0.1, -0.05) is 23.3 Å². The third kappa shape index (κ3) is 4.73. The lowest BCUT2D eigenvalue weighted by Crippen LogP contribution is -2.24. The summed E-state index contributed by atoms with van der Waals surface area (Å²) < 4.78 is 0. The quantitative estimate of drug-likeness (QED) is 0.685. The maximum Gasteiger partial charge on any atom is 0.163 e. The monoisotopic (exact) mass is 400 g/mol. The second kappa shape index (κ2) is 8.62. The summed E-state index contributed by atoms with van der Waals surface area (Å²) in [6, 6.07) is 4.02. The van der Waals surface area contributed by atoms with Gasteiger partial charge in [0.15, 0.2) is 11.6 Å². The van der Waals surface area contributed by atoms with Crippen molar-refractivity contribution in [3.63, 3.8) is 0 Å². The summed E-state index contributed by atoms with van der Waals surface area (Å²) in [5, 5.41) is 4.11. The van der Waals surface area contributed by atoms with Crippen LogP contribution in [0.25, 0.3) is 0 Å². The van der Waals surface area contributed by atoms with Crippen LogP contribution in [0.3, 0.4) is 0 Å². The molecule has 0 radical (unpaired) electrons. The summed E-state index contributed by atoms with van der Waals surface area (Å²) in [7, 11) is 2.11. The fraction of sp³-hybridized carbons (Fsp3) is 0.478. The van der Waals surface area contributed by atoms with E-state index in [4.69, 9.17) is 11.6 Å². The number of Topliss-reactive ketones (excluding diaryl/α,β-unsaturated/α-hetero) is 2. The molecule has 2 aliphatic rings. The Bertz CT molecular complexity index is 870. The third-order valence-electron chi connectivity index (χ3n) is 5.74. The zero-order valence-corrected chi connectivity index (χ0v) is 17.9. The number of nitrogens with one attached hydrogen (secondary N) is 1. The molecule has 0 bridgehead atoms. The molecule has 1 aliphatic carbocycles. The third-order valence-corrected chi connectivity index (χ3v) is 5.96. The molecule has 1 aromatic rings. The number of carbonyl (C=O) groups is 2. The molecule has 0 amide bonds. The summed E-state index contributed by atoms with van der Waals surface area (Å²) in [5.41, 5.74) is 5.35. The fourth-order valence-corrected chi connectivity index (χ4v) is 4.41. The Balaban J connectivity index is 1.75. The standard InChI is InChI=1S/C23H29ClN2O2/c1-14-9-15(2)19(23(28)10-14)5-6-22(27)20-11-17(24)12-21(16(20)3)25-18-7-8-26(4)13-18/h9,11-12,18,25H,5-8,10,13H2,1-4H3. The average molecular weight is 401 g/mol. The molecular formula is C23H29ClN2O2. The van der Waals surface area contributed by atoms with Crippen LogP contribution in [0.2, 0.25) is 5.02 Å². The molecule has 1 unspecified atom stereocenters. The summed E-state index contributed by atoms with van der Waals surface area (Å²) in [6.07, 6.45) is 4.38. The zero-order chi connectivity index (χ0) is 20.4. The van der Waals surface area contributed by atoms with E-state index in [0.717, 1.165) is 47.5 Å². The summed E-state index contributed by atoms with van der Waals surface area (Å²) in [5.74, 6) is 0.173. The SMILES string of the molecule is CC1=CC(C)=C(CCC(=O)c2cc(Cl)cc(NC3CCN(C)C3)c2C)C(=O)C1. The first kappa shape index (κ1) is 20.8. The number of halogens is 1. The van der Waals surface area contributed by atoms with Crippen molar-refractivity contribution in [3.8, 4) is 0 Å². The van der Waals surface area contributed by atoms with E-state index >= 15 is 0 Å². The number of ketones is 2. The molecule has 1 heterocycles. The number of rotatable bonds is 6. The van der Waals surface area contributed by atoms with Crippen molar-refractivity contribution in [1.82, 2.24) is 4.90 Å². The van der Waals surface area contributed by atoms with Gasteiger partial charge in [-0.15, -0.1) is 0 Å². The minimum Gasteiger partial charge on any atom is -0.381 e. The number of hydrogen-bond donors (Lipinski definition) is 1. The predicted molar refractivity (Wildman–Crippen MR) is 115 cm³/mol. The summed E-state index contributed by atoms with van der Waals surface area (Å²) in [6.45, 7) is 7.94. The van der Waals surface area contributed by atoms with E-state index in [-0.39, 0.29) is 11.6 Å². The van der Waals surface area contributed by atoms with Crippen molar-refractivity contribution in [1.29, 1.82) is 0 Å². The largest absolute Gasteiger partial charge is 0.381 e. The van der Waals surface area contributed by atoms with Gasteiger partial charge in [-0.25, -0.2) is 0 Å². The molecule has 5 heteroatoms. The van der Waals surface area contributed by atoms with Crippen LogP contribution in [0.4, 0.5) is 5.69 Å². The molecule has 1 N–H and O–H groups in total. The highest BCUT2D eigenvalue weighted by Gasteiger charge is 2.22. The Hall–Kier alpha value is -1.91. The van der Waals surface area contributed by atoms with E-state index in [2.05, 4.69) is 17.3 Å². The minimum absolute atomic E-state index is 0.0333. The van der Waals surface area contributed by atoms with Gasteiger partial charge < -0.3 is 10.2 Å². The molecule has 1 atom stereocenters. The van der Waals surface area contributed by atoms with Crippen LogP contribution in [0.15, 0.2) is 34.9 Å². The minimum atomic E-state index is 0.0333. The molecule has 1 saturated heterocycles. The van der Waals surface area contributed by atoms with Crippen molar-refractivity contribution in [2.75, 3.05) is 25.5 Å². The van der Waals surface area contributed by atoms with Crippen LogP contribution >= 0.6 is 11.6 Å². The molecule has 1 aliphatic heterocycles. The van der Waals surface area contributed by atoms with Crippen LogP contribution in [0.5, 0.6) is 0 Å². The van der Waals surface area contributed by atoms with Crippen molar-refractivity contribution < 1.29 is 9.59 Å². The first-order chi connectivity index (χ1) is 13.2. The topological polar surface area (TPSA) is 49.4 Å². The first-order valence-corrected chi connectivity index (χ1v) is 10.3. The van der Waals surface area contributed by atoms with Crippen molar-refractivity contribution in [2.45, 2.75) is 52.5 Å². The Kier molecular flexibility index (Phi) is 6.41. The Morgan fingerprint density at radius 3 is 2.68 bits per heavy atom. The van der Waals surface area contributed by atoms with E-state index in [1.54, 1.807) is 6.07 Å². The maximum atomic E-state index is 12.9. The van der Waals surface area contributed by atoms with Crippen molar-refractivity contribution in [2.24, 2.45) is 0 Å². The van der Waals surface area contributed by atoms with E-state index in [9.17, 15) is 9.59 Å². The smallest absolute Gasteiger partial charge is 0.163 e. The lowest BCUT2D eigenvalue weighted by Gasteiger charge is -2.19. The number of anilines is 1. The van der Waals surface area contributed by atoms with E-state index in [0.29, 0.717) is 35.9 Å². The number of likely N-dealkylation sites (tertiary alicyclic amines) is 1. The number of carbonyl (C=O) groups excluding carboxylic acids is 2. The molecule has 1 fully saturated rings. The second-order valence-electron chi connectivity index (χ2n) is 8.19. The molecule has 0 aromatic heterocycles. The predicted octanol–water partition coefficient (Wildman–Crippen LogP) is 4.96. The van der Waals surface area contributed by atoms with Crippen LogP contribution in [-0.2, 0) is 4.79 Å². The normalized spacial score (nSPS) is 20.5. The molecule has 28 heavy (non-hydrogen) atoms. The van der Waals surface area contributed by atoms with E-state index in [1.807, 2.05) is 32.9 Å². The number of allylic oxidation sites excluding steroid dienone is 4. The second-order valence-corrected chi connectivity index (χ2v) is 8.63. The van der Waals surface area contributed by atoms with Gasteiger partial charge in [0, 0.05) is 41.7 Å². The lowest BCUT2D eigenvalue weighted by molar-refractivity contribution is -0.115. The van der Waals surface area contributed by atoms with Gasteiger partial charge in [0.25, 0.3) is 0 Å². The van der Waals surface area contributed by atoms with Gasteiger partial charge in [-0.2, -0.15) is 0 Å². The number of benzene rings is 1. The number of likely N-dealkylation sites (N-methyl/N-ethyl adjacent to an activating group) is 1. The van der Waals surface area contributed by atoms with Crippen molar-refractivity contribution >= 4 is 28.9 Å². The average Bonchev–Trinajstić information content (AvgIpc) is 3.01. The van der Waals surface area contributed by atoms with Gasteiger partial charge in [-0.05, 0) is 76.0 Å². The number of hydrogen-bond acceptors (Lipinski definition) is 4. The van der Waals surface area contributed by atoms with E-state index < -0.39 is 0 Å². The van der Waals surface area contributed by atoms with Crippen LogP contribution in [-0.4, -0.2) is 42.6 Å². The van der Waals surface area contributed by atoms with Gasteiger partial charge in [0.2, 0.25) is 0 Å². The highest BCUT2D eigenvalue weighted by Crippen LogP contribution is 2.29. The maximum absolute atomic E-state index is 12.9. The summed E-state index contributed by atoms with van der Waals surface area (Å²) in [4.78, 5) is 27.5. The van der Waals surface area contributed by atoms with Gasteiger partial charge >= 0.3 is 0 Å². The lowest BCUT2D eigenvalue weighted by atomic mass is 9.88. The molecular weight excluding hydrogens is 372 g/mol. The highest BCUT2D eigenvalue weighted by atomic mass is 35.5. The van der Waals surface area contributed by atoms with Gasteiger partial charge in [-0.3, -0.25) is 9.59 Å². The Morgan fingerprint density at radius 1 is 1.29 bits per heavy atom. The van der Waals surface area contributed by atoms with Crippen molar-refractivity contribution in [3.05, 3.63) is 51.1 Å². The van der Waals surface area contributed by atoms with Crippen LogP contribution < -0.4 is 5.32 Å². The molecule has 150 valence electrons.